The van der Waals surface area contributed by atoms with Crippen LogP contribution >= 0.6 is 11.6 Å². The van der Waals surface area contributed by atoms with Crippen LogP contribution < -0.4 is 21.1 Å². The topological polar surface area (TPSA) is 110 Å². The molecule has 5 N–H and O–H groups in total. The Labute approximate surface area is 188 Å². The minimum absolute atomic E-state index is 0.0151. The van der Waals surface area contributed by atoms with Gasteiger partial charge in [-0.3, -0.25) is 0 Å². The van der Waals surface area contributed by atoms with Gasteiger partial charge in [0.25, 0.3) is 0 Å². The molecule has 3 aromatic rings. The molecule has 0 spiro atoms. The fraction of sp³-hybridized carbons (Fsp3) is 0.182. The Hall–Kier alpha value is -3.43. The van der Waals surface area contributed by atoms with Crippen LogP contribution in [-0.4, -0.2) is 35.9 Å². The number of nitrogens with two attached hydrogens (primary N) is 1. The van der Waals surface area contributed by atoms with Gasteiger partial charge in [0, 0.05) is 36.0 Å². The van der Waals surface area contributed by atoms with Gasteiger partial charge in [0.05, 0.1) is 18.2 Å². The molecule has 0 aliphatic rings. The summed E-state index contributed by atoms with van der Waals surface area (Å²) in [6.45, 7) is 0.0220. The summed E-state index contributed by atoms with van der Waals surface area (Å²) < 4.78 is 33.1. The number of nitrogen functional groups attached to an aromatic ring is 1. The smallest absolute Gasteiger partial charge is 0.319 e. The molecule has 0 saturated heterocycles. The summed E-state index contributed by atoms with van der Waals surface area (Å²) in [6.07, 6.45) is 1.62. The number of aliphatic hydroxyl groups is 1. The number of nitrogens with zero attached hydrogens (tertiary/aromatic N) is 1. The van der Waals surface area contributed by atoms with Gasteiger partial charge in [-0.1, -0.05) is 23.7 Å². The molecule has 3 rings (SSSR count). The molecule has 0 unspecified atom stereocenters. The number of carbonyl (C=O) groups excluding carboxylic acids is 1. The van der Waals surface area contributed by atoms with Crippen LogP contribution in [-0.2, 0) is 6.42 Å². The summed E-state index contributed by atoms with van der Waals surface area (Å²) >= 11 is 5.84. The number of carbonyl (C=O) groups is 1. The Morgan fingerprint density at radius 1 is 1.12 bits per heavy atom. The molecule has 2 amide bonds. The monoisotopic (exact) mass is 462 g/mol. The van der Waals surface area contributed by atoms with Gasteiger partial charge in [-0.05, 0) is 35.9 Å². The van der Waals surface area contributed by atoms with Crippen molar-refractivity contribution in [3.63, 3.8) is 0 Å². The molecule has 168 valence electrons. The van der Waals surface area contributed by atoms with E-state index in [1.54, 1.807) is 36.5 Å². The molecule has 0 aliphatic carbocycles. The number of hydrogen-bond donors (Lipinski definition) is 4. The van der Waals surface area contributed by atoms with Crippen molar-refractivity contribution in [2.24, 2.45) is 0 Å². The summed E-state index contributed by atoms with van der Waals surface area (Å²) in [5, 5.41) is 13.6. The van der Waals surface area contributed by atoms with E-state index in [2.05, 4.69) is 15.6 Å². The number of urea groups is 1. The van der Waals surface area contributed by atoms with Gasteiger partial charge in [-0.2, -0.15) is 0 Å². The standard InChI is InChI=1S/C22H21ClF2N4O3/c23-20-16(17(24)5-6-18(20)25)7-10-32-19-11-14(12-28-21(19)26)13-1-3-15(4-2-13)29-22(31)27-8-9-30/h1-6,11-12,30H,7-10H2,(H2,26,28)(H2,27,29,31). The predicted molar refractivity (Wildman–Crippen MR) is 119 cm³/mol. The van der Waals surface area contributed by atoms with E-state index in [0.29, 0.717) is 17.0 Å². The summed E-state index contributed by atoms with van der Waals surface area (Å²) in [7, 11) is 0. The molecule has 0 fully saturated rings. The lowest BCUT2D eigenvalue weighted by Gasteiger charge is -2.12. The third-order valence-corrected chi connectivity index (χ3v) is 4.91. The van der Waals surface area contributed by atoms with Crippen molar-refractivity contribution >= 4 is 29.1 Å². The molecule has 0 aliphatic heterocycles. The van der Waals surface area contributed by atoms with Gasteiger partial charge < -0.3 is 26.2 Å². The second kappa shape index (κ2) is 10.7. The van der Waals surface area contributed by atoms with Gasteiger partial charge in [-0.25, -0.2) is 18.6 Å². The molecular formula is C22H21ClF2N4O3. The molecule has 2 aromatic carbocycles. The van der Waals surface area contributed by atoms with Gasteiger partial charge in [0.1, 0.15) is 11.6 Å². The van der Waals surface area contributed by atoms with Crippen molar-refractivity contribution in [3.8, 4) is 16.9 Å². The zero-order valence-corrected chi connectivity index (χ0v) is 17.6. The zero-order chi connectivity index (χ0) is 23.1. The van der Waals surface area contributed by atoms with Crippen LogP contribution in [0.3, 0.4) is 0 Å². The second-order valence-electron chi connectivity index (χ2n) is 6.71. The Morgan fingerprint density at radius 2 is 1.84 bits per heavy atom. The number of halogens is 3. The van der Waals surface area contributed by atoms with Gasteiger partial charge in [-0.15, -0.1) is 0 Å². The highest BCUT2D eigenvalue weighted by Crippen LogP contribution is 2.29. The van der Waals surface area contributed by atoms with E-state index in [9.17, 15) is 13.6 Å². The second-order valence-corrected chi connectivity index (χ2v) is 7.09. The van der Waals surface area contributed by atoms with Crippen molar-refractivity contribution in [2.75, 3.05) is 30.8 Å². The number of nitrogens with one attached hydrogen (secondary N) is 2. The van der Waals surface area contributed by atoms with Crippen molar-refractivity contribution in [2.45, 2.75) is 6.42 Å². The third-order valence-electron chi connectivity index (χ3n) is 4.50. The van der Waals surface area contributed by atoms with E-state index in [-0.39, 0.29) is 42.6 Å². The van der Waals surface area contributed by atoms with Crippen LogP contribution in [0.15, 0.2) is 48.7 Å². The quantitative estimate of drug-likeness (QED) is 0.378. The number of amides is 2. The van der Waals surface area contributed by atoms with Crippen LogP contribution in [0.5, 0.6) is 5.75 Å². The van der Waals surface area contributed by atoms with E-state index in [1.807, 2.05) is 0 Å². The Bertz CT molecular complexity index is 1100. The van der Waals surface area contributed by atoms with Crippen LogP contribution in [0.4, 0.5) is 25.1 Å². The lowest BCUT2D eigenvalue weighted by atomic mass is 10.1. The third kappa shape index (κ3) is 5.83. The highest BCUT2D eigenvalue weighted by molar-refractivity contribution is 6.31. The van der Waals surface area contributed by atoms with E-state index < -0.39 is 17.7 Å². The maximum atomic E-state index is 13.9. The van der Waals surface area contributed by atoms with E-state index in [0.717, 1.165) is 17.7 Å². The average Bonchev–Trinajstić information content (AvgIpc) is 2.79. The number of ether oxygens (including phenoxy) is 1. The first-order chi connectivity index (χ1) is 15.4. The number of aliphatic hydroxyl groups excluding tert-OH is 1. The highest BCUT2D eigenvalue weighted by Gasteiger charge is 2.13. The first-order valence-electron chi connectivity index (χ1n) is 9.66. The van der Waals surface area contributed by atoms with Crippen molar-refractivity contribution in [1.82, 2.24) is 10.3 Å². The number of pyridine rings is 1. The van der Waals surface area contributed by atoms with Gasteiger partial charge >= 0.3 is 6.03 Å². The maximum Gasteiger partial charge on any atom is 0.319 e. The van der Waals surface area contributed by atoms with Gasteiger partial charge in [0.15, 0.2) is 11.6 Å². The van der Waals surface area contributed by atoms with Crippen molar-refractivity contribution < 1.29 is 23.4 Å². The Kier molecular flexibility index (Phi) is 7.80. The Balaban J connectivity index is 1.67. The van der Waals surface area contributed by atoms with Gasteiger partial charge in [0.2, 0.25) is 0 Å². The van der Waals surface area contributed by atoms with E-state index >= 15 is 0 Å². The van der Waals surface area contributed by atoms with Crippen LogP contribution in [0.2, 0.25) is 5.02 Å². The normalized spacial score (nSPS) is 10.6. The molecule has 10 heteroatoms. The largest absolute Gasteiger partial charge is 0.489 e. The Morgan fingerprint density at radius 3 is 2.56 bits per heavy atom. The fourth-order valence-electron chi connectivity index (χ4n) is 2.88. The lowest BCUT2D eigenvalue weighted by molar-refractivity contribution is 0.245. The highest BCUT2D eigenvalue weighted by atomic mass is 35.5. The van der Waals surface area contributed by atoms with E-state index in [4.69, 9.17) is 27.2 Å². The summed E-state index contributed by atoms with van der Waals surface area (Å²) in [6, 6.07) is 10.2. The minimum atomic E-state index is -0.699. The van der Waals surface area contributed by atoms with Crippen molar-refractivity contribution in [3.05, 3.63) is 70.9 Å². The predicted octanol–water partition coefficient (Wildman–Crippen LogP) is 4.00. The molecule has 0 radical (unpaired) electrons. The molecule has 32 heavy (non-hydrogen) atoms. The molecule has 1 heterocycles. The number of anilines is 2. The first kappa shape index (κ1) is 23.2. The zero-order valence-electron chi connectivity index (χ0n) is 16.9. The maximum absolute atomic E-state index is 13.9. The minimum Gasteiger partial charge on any atom is -0.489 e. The molecule has 0 saturated carbocycles. The number of rotatable bonds is 8. The lowest BCUT2D eigenvalue weighted by Crippen LogP contribution is -2.30. The van der Waals surface area contributed by atoms with Crippen LogP contribution in [0, 0.1) is 11.6 Å². The summed E-state index contributed by atoms with van der Waals surface area (Å²) in [5.74, 6) is -0.868. The molecule has 0 bridgehead atoms. The summed E-state index contributed by atoms with van der Waals surface area (Å²) in [4.78, 5) is 15.8. The fourth-order valence-corrected chi connectivity index (χ4v) is 3.13. The van der Waals surface area contributed by atoms with Crippen LogP contribution in [0.25, 0.3) is 11.1 Å². The van der Waals surface area contributed by atoms with E-state index in [1.165, 1.54) is 0 Å². The molecule has 1 aromatic heterocycles. The number of hydrogen-bond acceptors (Lipinski definition) is 5. The summed E-state index contributed by atoms with van der Waals surface area (Å²) in [5.41, 5.74) is 7.98. The molecule has 7 nitrogen and oxygen atoms in total. The van der Waals surface area contributed by atoms with Crippen molar-refractivity contribution in [1.29, 1.82) is 0 Å². The first-order valence-corrected chi connectivity index (χ1v) is 10.0. The number of aromatic nitrogens is 1. The molecule has 0 atom stereocenters. The average molecular weight is 463 g/mol. The number of benzene rings is 2. The van der Waals surface area contributed by atoms with Crippen LogP contribution in [0.1, 0.15) is 5.56 Å². The molecular weight excluding hydrogens is 442 g/mol. The SMILES string of the molecule is Nc1ncc(-c2ccc(NC(=O)NCCO)cc2)cc1OCCc1c(F)ccc(F)c1Cl.